The standard InChI is InChI=1S/C18H21N7O.H2/c1-12-9-17(25-24-12)21-16-10-15(20-14-4-7-26-8-5-14)22-18(23-16)13-3-2-6-19-11-13;/h2-3,6,9-11,14H,4-5,7-8H2,1H3,(H3,20,21,22,23,24,25);1H. The predicted molar refractivity (Wildman–Crippen MR) is 101 cm³/mol. The van der Waals surface area contributed by atoms with Crippen molar-refractivity contribution in [3.63, 3.8) is 0 Å². The van der Waals surface area contributed by atoms with Gasteiger partial charge >= 0.3 is 0 Å². The van der Waals surface area contributed by atoms with E-state index in [1.165, 1.54) is 0 Å². The number of ether oxygens (including phenoxy) is 1. The topological polar surface area (TPSA) is 101 Å². The van der Waals surface area contributed by atoms with Crippen molar-refractivity contribution in [3.8, 4) is 11.4 Å². The van der Waals surface area contributed by atoms with Crippen LogP contribution in [0, 0.1) is 6.92 Å². The van der Waals surface area contributed by atoms with E-state index in [0.29, 0.717) is 17.7 Å². The van der Waals surface area contributed by atoms with Gasteiger partial charge in [0.15, 0.2) is 11.6 Å². The summed E-state index contributed by atoms with van der Waals surface area (Å²) in [6.45, 7) is 3.50. The van der Waals surface area contributed by atoms with Crippen molar-refractivity contribution in [1.82, 2.24) is 25.1 Å². The average Bonchev–Trinajstić information content (AvgIpc) is 3.08. The zero-order valence-electron chi connectivity index (χ0n) is 14.6. The highest BCUT2D eigenvalue weighted by Gasteiger charge is 2.16. The molecule has 0 aliphatic carbocycles. The molecule has 0 aromatic carbocycles. The molecule has 0 amide bonds. The van der Waals surface area contributed by atoms with Gasteiger partial charge < -0.3 is 15.4 Å². The van der Waals surface area contributed by atoms with E-state index in [1.807, 2.05) is 31.2 Å². The molecule has 1 aliphatic rings. The zero-order valence-corrected chi connectivity index (χ0v) is 14.6. The van der Waals surface area contributed by atoms with E-state index in [1.54, 1.807) is 12.4 Å². The van der Waals surface area contributed by atoms with E-state index < -0.39 is 0 Å². The molecule has 26 heavy (non-hydrogen) atoms. The number of aromatic amines is 1. The fraction of sp³-hybridized carbons (Fsp3) is 0.333. The molecule has 3 N–H and O–H groups in total. The number of H-pyrrole nitrogens is 1. The number of aromatic nitrogens is 5. The van der Waals surface area contributed by atoms with E-state index in [2.05, 4.69) is 35.8 Å². The first-order valence-corrected chi connectivity index (χ1v) is 8.69. The van der Waals surface area contributed by atoms with Gasteiger partial charge in [0.2, 0.25) is 0 Å². The Balaban J connectivity index is 0.00000210. The minimum atomic E-state index is 0. The molecule has 136 valence electrons. The second-order valence-electron chi connectivity index (χ2n) is 6.30. The zero-order chi connectivity index (χ0) is 17.8. The molecule has 0 unspecified atom stereocenters. The van der Waals surface area contributed by atoms with Crippen LogP contribution in [0.5, 0.6) is 0 Å². The molecule has 3 aromatic rings. The first kappa shape index (κ1) is 16.5. The van der Waals surface area contributed by atoms with Gasteiger partial charge in [-0.2, -0.15) is 5.10 Å². The number of pyridine rings is 1. The molecule has 8 nitrogen and oxygen atoms in total. The molecule has 1 saturated heterocycles. The second-order valence-corrected chi connectivity index (χ2v) is 6.30. The van der Waals surface area contributed by atoms with Crippen LogP contribution in [-0.2, 0) is 4.74 Å². The van der Waals surface area contributed by atoms with E-state index in [-0.39, 0.29) is 1.43 Å². The van der Waals surface area contributed by atoms with Gasteiger partial charge in [0.05, 0.1) is 0 Å². The van der Waals surface area contributed by atoms with Crippen LogP contribution in [0.25, 0.3) is 11.4 Å². The molecule has 0 saturated carbocycles. The van der Waals surface area contributed by atoms with Gasteiger partial charge in [0.25, 0.3) is 0 Å². The third-order valence-corrected chi connectivity index (χ3v) is 4.18. The predicted octanol–water partition coefficient (Wildman–Crippen LogP) is 3.15. The lowest BCUT2D eigenvalue weighted by Crippen LogP contribution is -2.28. The SMILES string of the molecule is Cc1cc(Nc2cc(NC3CCOCC3)nc(-c3cccnc3)n2)n[nH]1.[HH]. The van der Waals surface area contributed by atoms with Gasteiger partial charge in [-0.15, -0.1) is 0 Å². The van der Waals surface area contributed by atoms with E-state index in [0.717, 1.165) is 48.9 Å². The Labute approximate surface area is 152 Å². The molecule has 4 heterocycles. The molecular formula is C18H23N7O. The summed E-state index contributed by atoms with van der Waals surface area (Å²) in [5.74, 6) is 2.79. The number of hydrogen-bond donors (Lipinski definition) is 3. The quantitative estimate of drug-likeness (QED) is 0.648. The highest BCUT2D eigenvalue weighted by Crippen LogP contribution is 2.23. The summed E-state index contributed by atoms with van der Waals surface area (Å²) < 4.78 is 5.43. The van der Waals surface area contributed by atoms with Crippen molar-refractivity contribution >= 4 is 17.5 Å². The fourth-order valence-electron chi connectivity index (χ4n) is 2.87. The second kappa shape index (κ2) is 7.49. The lowest BCUT2D eigenvalue weighted by Gasteiger charge is -2.24. The van der Waals surface area contributed by atoms with Crippen LogP contribution in [0.2, 0.25) is 0 Å². The third kappa shape index (κ3) is 3.97. The minimum Gasteiger partial charge on any atom is -0.381 e. The number of aryl methyl sites for hydroxylation is 1. The summed E-state index contributed by atoms with van der Waals surface area (Å²) in [7, 11) is 0. The van der Waals surface area contributed by atoms with Crippen LogP contribution in [0.15, 0.2) is 36.7 Å². The van der Waals surface area contributed by atoms with Crippen LogP contribution in [-0.4, -0.2) is 44.4 Å². The highest BCUT2D eigenvalue weighted by atomic mass is 16.5. The number of anilines is 3. The Morgan fingerprint density at radius 1 is 1.15 bits per heavy atom. The van der Waals surface area contributed by atoms with E-state index in [9.17, 15) is 0 Å². The monoisotopic (exact) mass is 353 g/mol. The maximum atomic E-state index is 5.43. The Bertz CT molecular complexity index is 865. The summed E-state index contributed by atoms with van der Waals surface area (Å²) >= 11 is 0. The first-order valence-electron chi connectivity index (χ1n) is 8.69. The molecule has 8 heteroatoms. The third-order valence-electron chi connectivity index (χ3n) is 4.18. The van der Waals surface area contributed by atoms with Crippen molar-refractivity contribution < 1.29 is 6.16 Å². The highest BCUT2D eigenvalue weighted by molar-refractivity contribution is 5.63. The maximum absolute atomic E-state index is 5.43. The van der Waals surface area contributed by atoms with Crippen molar-refractivity contribution in [2.24, 2.45) is 0 Å². The number of hydrogen-bond acceptors (Lipinski definition) is 7. The van der Waals surface area contributed by atoms with Gasteiger partial charge in [-0.05, 0) is 31.9 Å². The molecule has 0 bridgehead atoms. The van der Waals surface area contributed by atoms with Crippen molar-refractivity contribution in [3.05, 3.63) is 42.4 Å². The average molecular weight is 353 g/mol. The summed E-state index contributed by atoms with van der Waals surface area (Å²) in [4.78, 5) is 13.5. The summed E-state index contributed by atoms with van der Waals surface area (Å²) in [5.41, 5.74) is 1.85. The van der Waals surface area contributed by atoms with Gasteiger partial charge in [-0.1, -0.05) is 0 Å². The Morgan fingerprint density at radius 3 is 2.73 bits per heavy atom. The fourth-order valence-corrected chi connectivity index (χ4v) is 2.87. The Morgan fingerprint density at radius 2 is 2.00 bits per heavy atom. The normalized spacial score (nSPS) is 15.0. The number of nitrogens with zero attached hydrogens (tertiary/aromatic N) is 4. The number of rotatable bonds is 5. The smallest absolute Gasteiger partial charge is 0.165 e. The molecule has 3 aromatic heterocycles. The first-order chi connectivity index (χ1) is 12.8. The summed E-state index contributed by atoms with van der Waals surface area (Å²) in [5, 5.41) is 13.9. The van der Waals surface area contributed by atoms with Crippen LogP contribution in [0.4, 0.5) is 17.5 Å². The van der Waals surface area contributed by atoms with Gasteiger partial charge in [-0.25, -0.2) is 9.97 Å². The summed E-state index contributed by atoms with van der Waals surface area (Å²) in [6, 6.07) is 8.00. The van der Waals surface area contributed by atoms with Crippen LogP contribution >= 0.6 is 0 Å². The van der Waals surface area contributed by atoms with Crippen molar-refractivity contribution in [2.45, 2.75) is 25.8 Å². The minimum absolute atomic E-state index is 0. The lowest BCUT2D eigenvalue weighted by atomic mass is 10.1. The van der Waals surface area contributed by atoms with E-state index >= 15 is 0 Å². The molecule has 1 fully saturated rings. The maximum Gasteiger partial charge on any atom is 0.165 e. The Hall–Kier alpha value is -3.00. The molecule has 4 rings (SSSR count). The molecule has 0 radical (unpaired) electrons. The van der Waals surface area contributed by atoms with Crippen molar-refractivity contribution in [1.29, 1.82) is 0 Å². The van der Waals surface area contributed by atoms with Gasteiger partial charge in [0.1, 0.15) is 11.6 Å². The van der Waals surface area contributed by atoms with Crippen molar-refractivity contribution in [2.75, 3.05) is 23.8 Å². The number of nitrogens with one attached hydrogen (secondary N) is 3. The molecule has 1 aliphatic heterocycles. The van der Waals surface area contributed by atoms with Crippen LogP contribution in [0.1, 0.15) is 20.0 Å². The molecular weight excluding hydrogens is 330 g/mol. The Kier molecular flexibility index (Phi) is 4.74. The van der Waals surface area contributed by atoms with Crippen LogP contribution in [0.3, 0.4) is 0 Å². The molecule has 0 atom stereocenters. The van der Waals surface area contributed by atoms with Crippen LogP contribution < -0.4 is 10.6 Å². The summed E-state index contributed by atoms with van der Waals surface area (Å²) in [6.07, 6.45) is 5.43. The molecule has 0 spiro atoms. The van der Waals surface area contributed by atoms with Gasteiger partial charge in [0, 0.05) is 56.5 Å². The lowest BCUT2D eigenvalue weighted by molar-refractivity contribution is 0.0904. The van der Waals surface area contributed by atoms with Gasteiger partial charge in [-0.3, -0.25) is 10.1 Å². The van der Waals surface area contributed by atoms with E-state index in [4.69, 9.17) is 4.74 Å². The largest absolute Gasteiger partial charge is 0.381 e.